The molecule has 2 aliphatic rings. The summed E-state index contributed by atoms with van der Waals surface area (Å²) in [6, 6.07) is 0.592. The molecular weight excluding hydrogens is 224 g/mol. The lowest BCUT2D eigenvalue weighted by molar-refractivity contribution is 0.247. The van der Waals surface area contributed by atoms with Crippen LogP contribution in [0.5, 0.6) is 0 Å². The summed E-state index contributed by atoms with van der Waals surface area (Å²) in [4.78, 5) is 11.1. The molecule has 0 aromatic rings. The van der Waals surface area contributed by atoms with Gasteiger partial charge in [-0.25, -0.2) is 4.79 Å². The second-order valence-corrected chi connectivity index (χ2v) is 5.67. The summed E-state index contributed by atoms with van der Waals surface area (Å²) in [6.45, 7) is 0. The third kappa shape index (κ3) is 2.61. The molecule has 3 atom stereocenters. The highest BCUT2D eigenvalue weighted by Gasteiger charge is 2.42. The third-order valence-electron chi connectivity index (χ3n) is 3.12. The lowest BCUT2D eigenvalue weighted by atomic mass is 10.0. The minimum atomic E-state index is -0.0240. The number of nitrogens with one attached hydrogen (secondary N) is 3. The first kappa shape index (κ1) is 11.6. The van der Waals surface area contributed by atoms with Gasteiger partial charge in [-0.3, -0.25) is 5.41 Å². The molecule has 16 heavy (non-hydrogen) atoms. The monoisotopic (exact) mass is 242 g/mol. The van der Waals surface area contributed by atoms with Gasteiger partial charge in [-0.2, -0.15) is 11.8 Å². The molecule has 0 spiro atoms. The highest BCUT2D eigenvalue weighted by Crippen LogP contribution is 2.33. The van der Waals surface area contributed by atoms with E-state index in [4.69, 9.17) is 11.1 Å². The van der Waals surface area contributed by atoms with Gasteiger partial charge in [0.1, 0.15) is 0 Å². The SMILES string of the molecule is N=C(N)CCCC[C@@H]1SC[C@@H]2NC(=O)N[C@@H]21. The molecule has 2 aliphatic heterocycles. The van der Waals surface area contributed by atoms with E-state index < -0.39 is 0 Å². The fourth-order valence-electron chi connectivity index (χ4n) is 2.30. The van der Waals surface area contributed by atoms with Crippen LogP contribution in [0.4, 0.5) is 4.79 Å². The van der Waals surface area contributed by atoms with Crippen molar-refractivity contribution in [3.05, 3.63) is 0 Å². The van der Waals surface area contributed by atoms with Crippen molar-refractivity contribution >= 4 is 23.6 Å². The second-order valence-electron chi connectivity index (χ2n) is 4.39. The zero-order valence-electron chi connectivity index (χ0n) is 9.16. The van der Waals surface area contributed by atoms with Crippen LogP contribution in [0.2, 0.25) is 0 Å². The van der Waals surface area contributed by atoms with Crippen molar-refractivity contribution in [2.45, 2.75) is 43.0 Å². The number of thioether (sulfide) groups is 1. The summed E-state index contributed by atoms with van der Waals surface area (Å²) in [5, 5.41) is 13.6. The van der Waals surface area contributed by atoms with Crippen LogP contribution in [0.25, 0.3) is 0 Å². The Hall–Kier alpha value is -0.910. The number of carbonyl (C=O) groups excluding carboxylic acids is 1. The predicted molar refractivity (Wildman–Crippen MR) is 65.9 cm³/mol. The molecule has 2 saturated heterocycles. The van der Waals surface area contributed by atoms with E-state index in [2.05, 4.69) is 10.6 Å². The van der Waals surface area contributed by atoms with Crippen molar-refractivity contribution in [2.75, 3.05) is 5.75 Å². The number of hydrogen-bond donors (Lipinski definition) is 4. The first-order valence-electron chi connectivity index (χ1n) is 5.68. The second kappa shape index (κ2) is 4.95. The van der Waals surface area contributed by atoms with E-state index >= 15 is 0 Å². The molecule has 2 fully saturated rings. The van der Waals surface area contributed by atoms with Crippen LogP contribution in [0.1, 0.15) is 25.7 Å². The number of fused-ring (bicyclic) bond motifs is 1. The predicted octanol–water partition coefficient (Wildman–Crippen LogP) is 0.648. The van der Waals surface area contributed by atoms with Crippen molar-refractivity contribution in [3.63, 3.8) is 0 Å². The molecule has 0 radical (unpaired) electrons. The van der Waals surface area contributed by atoms with Gasteiger partial charge in [-0.05, 0) is 12.8 Å². The van der Waals surface area contributed by atoms with Crippen LogP contribution in [0.3, 0.4) is 0 Å². The molecule has 0 aliphatic carbocycles. The van der Waals surface area contributed by atoms with E-state index in [1.54, 1.807) is 0 Å². The Labute approximate surface area is 99.4 Å². The Bertz CT molecular complexity index is 297. The van der Waals surface area contributed by atoms with Gasteiger partial charge >= 0.3 is 6.03 Å². The van der Waals surface area contributed by atoms with Crippen LogP contribution in [-0.4, -0.2) is 35.0 Å². The average Bonchev–Trinajstić information content (AvgIpc) is 2.72. The van der Waals surface area contributed by atoms with E-state index in [1.807, 2.05) is 11.8 Å². The van der Waals surface area contributed by atoms with Gasteiger partial charge in [0.05, 0.1) is 17.9 Å². The minimum absolute atomic E-state index is 0.0240. The number of unbranched alkanes of at least 4 members (excludes halogenated alkanes) is 1. The Balaban J connectivity index is 1.70. The Kier molecular flexibility index (Phi) is 3.58. The molecule has 2 rings (SSSR count). The standard InChI is InChI=1S/C10H18N4OS/c11-8(12)4-2-1-3-7-9-6(5-16-7)13-10(15)14-9/h6-7,9H,1-5H2,(H3,11,12)(H2,13,14,15)/t6-,7-,9-/m0/s1. The summed E-state index contributed by atoms with van der Waals surface area (Å²) in [5.74, 6) is 1.29. The number of rotatable bonds is 5. The van der Waals surface area contributed by atoms with Crippen molar-refractivity contribution in [2.24, 2.45) is 5.73 Å². The summed E-state index contributed by atoms with van der Waals surface area (Å²) in [5.41, 5.74) is 5.30. The van der Waals surface area contributed by atoms with E-state index in [-0.39, 0.29) is 11.9 Å². The van der Waals surface area contributed by atoms with Crippen LogP contribution in [-0.2, 0) is 0 Å². The number of amidine groups is 1. The Morgan fingerprint density at radius 1 is 1.50 bits per heavy atom. The quantitative estimate of drug-likeness (QED) is 0.247. The maximum atomic E-state index is 11.1. The summed E-state index contributed by atoms with van der Waals surface area (Å²) < 4.78 is 0. The summed E-state index contributed by atoms with van der Waals surface area (Å²) in [6.07, 6.45) is 3.85. The summed E-state index contributed by atoms with van der Waals surface area (Å²) >= 11 is 1.93. The molecule has 0 aromatic carbocycles. The molecule has 0 bridgehead atoms. The first-order valence-corrected chi connectivity index (χ1v) is 6.73. The van der Waals surface area contributed by atoms with Gasteiger partial charge in [-0.1, -0.05) is 6.42 Å². The molecule has 6 heteroatoms. The van der Waals surface area contributed by atoms with Gasteiger partial charge in [-0.15, -0.1) is 0 Å². The highest BCUT2D eigenvalue weighted by atomic mass is 32.2. The zero-order valence-corrected chi connectivity index (χ0v) is 9.98. The van der Waals surface area contributed by atoms with E-state index in [0.717, 1.165) is 25.0 Å². The lowest BCUT2D eigenvalue weighted by Gasteiger charge is -2.16. The van der Waals surface area contributed by atoms with Crippen molar-refractivity contribution in [3.8, 4) is 0 Å². The zero-order chi connectivity index (χ0) is 11.5. The van der Waals surface area contributed by atoms with E-state index in [1.165, 1.54) is 0 Å². The Morgan fingerprint density at radius 3 is 3.06 bits per heavy atom. The van der Waals surface area contributed by atoms with Gasteiger partial charge < -0.3 is 16.4 Å². The topological polar surface area (TPSA) is 91.0 Å². The first-order chi connectivity index (χ1) is 7.66. The van der Waals surface area contributed by atoms with Crippen LogP contribution < -0.4 is 16.4 Å². The van der Waals surface area contributed by atoms with Gasteiger partial charge in [0.2, 0.25) is 0 Å². The fourth-order valence-corrected chi connectivity index (χ4v) is 3.85. The van der Waals surface area contributed by atoms with Crippen LogP contribution in [0, 0.1) is 5.41 Å². The maximum Gasteiger partial charge on any atom is 0.315 e. The molecule has 5 N–H and O–H groups in total. The third-order valence-corrected chi connectivity index (χ3v) is 4.63. The van der Waals surface area contributed by atoms with E-state index in [9.17, 15) is 4.79 Å². The number of hydrogen-bond acceptors (Lipinski definition) is 3. The lowest BCUT2D eigenvalue weighted by Crippen LogP contribution is -2.36. The fraction of sp³-hybridized carbons (Fsp3) is 0.800. The summed E-state index contributed by atoms with van der Waals surface area (Å²) in [7, 11) is 0. The highest BCUT2D eigenvalue weighted by molar-refractivity contribution is 8.00. The maximum absolute atomic E-state index is 11.1. The van der Waals surface area contributed by atoms with Crippen molar-refractivity contribution < 1.29 is 4.79 Å². The van der Waals surface area contributed by atoms with Gasteiger partial charge in [0, 0.05) is 17.4 Å². The Morgan fingerprint density at radius 2 is 2.31 bits per heavy atom. The molecule has 0 unspecified atom stereocenters. The van der Waals surface area contributed by atoms with Crippen LogP contribution in [0.15, 0.2) is 0 Å². The average molecular weight is 242 g/mol. The number of amides is 2. The minimum Gasteiger partial charge on any atom is -0.388 e. The molecular formula is C10H18N4OS. The molecule has 2 amide bonds. The number of nitrogens with two attached hydrogens (primary N) is 1. The number of carbonyl (C=O) groups is 1. The van der Waals surface area contributed by atoms with Crippen LogP contribution >= 0.6 is 11.8 Å². The van der Waals surface area contributed by atoms with Crippen molar-refractivity contribution in [1.82, 2.24) is 10.6 Å². The smallest absolute Gasteiger partial charge is 0.315 e. The molecule has 5 nitrogen and oxygen atoms in total. The molecule has 90 valence electrons. The molecule has 0 saturated carbocycles. The largest absolute Gasteiger partial charge is 0.388 e. The number of urea groups is 1. The van der Waals surface area contributed by atoms with Crippen molar-refractivity contribution in [1.29, 1.82) is 5.41 Å². The molecule has 0 aromatic heterocycles. The van der Waals surface area contributed by atoms with Gasteiger partial charge in [0.15, 0.2) is 0 Å². The van der Waals surface area contributed by atoms with E-state index in [0.29, 0.717) is 23.8 Å². The van der Waals surface area contributed by atoms with Gasteiger partial charge in [0.25, 0.3) is 0 Å². The normalized spacial score (nSPS) is 32.0. The molecule has 2 heterocycles.